The monoisotopic (exact) mass is 233 g/mol. The molecule has 5 heteroatoms. The summed E-state index contributed by atoms with van der Waals surface area (Å²) in [5.41, 5.74) is 10.9. The van der Waals surface area contributed by atoms with Crippen LogP contribution in [-0.4, -0.2) is 52.6 Å². The normalized spacial score (nSPS) is 17.4. The fourth-order valence-electron chi connectivity index (χ4n) is 1.35. The lowest BCUT2D eigenvalue weighted by Crippen LogP contribution is -2.38. The van der Waals surface area contributed by atoms with Gasteiger partial charge in [-0.05, 0) is 19.3 Å². The number of ether oxygens (including phenoxy) is 2. The Labute approximate surface area is 98.8 Å². The van der Waals surface area contributed by atoms with Gasteiger partial charge in [-0.1, -0.05) is 0 Å². The van der Waals surface area contributed by atoms with Crippen LogP contribution in [0.4, 0.5) is 0 Å². The van der Waals surface area contributed by atoms with E-state index in [9.17, 15) is 0 Å². The Balaban J connectivity index is 0.000000315. The summed E-state index contributed by atoms with van der Waals surface area (Å²) in [6, 6.07) is 0.0801. The summed E-state index contributed by atoms with van der Waals surface area (Å²) in [5, 5.41) is 3.09. The van der Waals surface area contributed by atoms with Crippen LogP contribution in [0.2, 0.25) is 0 Å². The number of rotatable bonds is 6. The van der Waals surface area contributed by atoms with E-state index in [-0.39, 0.29) is 6.04 Å². The molecule has 1 atom stereocenters. The summed E-state index contributed by atoms with van der Waals surface area (Å²) in [4.78, 5) is 0. The van der Waals surface area contributed by atoms with Gasteiger partial charge in [0.1, 0.15) is 0 Å². The SMILES string of the molecule is C1CCOCC1.COCC(N)CNCCN. The third-order valence-corrected chi connectivity index (χ3v) is 2.19. The van der Waals surface area contributed by atoms with Crippen molar-refractivity contribution in [2.45, 2.75) is 25.3 Å². The summed E-state index contributed by atoms with van der Waals surface area (Å²) in [6.45, 7) is 4.83. The molecule has 1 fully saturated rings. The first-order valence-electron chi connectivity index (χ1n) is 6.04. The maximum atomic E-state index is 5.60. The van der Waals surface area contributed by atoms with E-state index < -0.39 is 0 Å². The third kappa shape index (κ3) is 11.9. The lowest BCUT2D eigenvalue weighted by atomic mass is 10.2. The van der Waals surface area contributed by atoms with E-state index in [1.54, 1.807) is 7.11 Å². The molecule has 0 aromatic heterocycles. The number of nitrogens with one attached hydrogen (secondary N) is 1. The van der Waals surface area contributed by atoms with E-state index >= 15 is 0 Å². The molecule has 0 amide bonds. The second kappa shape index (κ2) is 12.9. The van der Waals surface area contributed by atoms with Gasteiger partial charge < -0.3 is 26.3 Å². The first-order valence-corrected chi connectivity index (χ1v) is 6.04. The minimum atomic E-state index is 0.0801. The van der Waals surface area contributed by atoms with Gasteiger partial charge >= 0.3 is 0 Å². The Morgan fingerprint density at radius 2 is 2.00 bits per heavy atom. The minimum Gasteiger partial charge on any atom is -0.383 e. The second-order valence-electron chi connectivity index (χ2n) is 3.88. The highest BCUT2D eigenvalue weighted by atomic mass is 16.5. The summed E-state index contributed by atoms with van der Waals surface area (Å²) in [6.07, 6.45) is 3.93. The predicted molar refractivity (Wildman–Crippen MR) is 66.4 cm³/mol. The largest absolute Gasteiger partial charge is 0.383 e. The molecule has 0 aliphatic carbocycles. The molecule has 0 aromatic carbocycles. The van der Waals surface area contributed by atoms with Gasteiger partial charge in [0, 0.05) is 46.0 Å². The second-order valence-corrected chi connectivity index (χ2v) is 3.88. The van der Waals surface area contributed by atoms with E-state index in [0.29, 0.717) is 13.2 Å². The van der Waals surface area contributed by atoms with Gasteiger partial charge in [0.25, 0.3) is 0 Å². The fourth-order valence-corrected chi connectivity index (χ4v) is 1.35. The van der Waals surface area contributed by atoms with Crippen LogP contribution in [0.5, 0.6) is 0 Å². The van der Waals surface area contributed by atoms with Gasteiger partial charge in [-0.15, -0.1) is 0 Å². The van der Waals surface area contributed by atoms with Crippen LogP contribution in [0.25, 0.3) is 0 Å². The van der Waals surface area contributed by atoms with E-state index in [2.05, 4.69) is 5.32 Å². The maximum Gasteiger partial charge on any atom is 0.0626 e. The molecule has 1 unspecified atom stereocenters. The molecule has 0 aromatic rings. The van der Waals surface area contributed by atoms with Crippen molar-refractivity contribution < 1.29 is 9.47 Å². The van der Waals surface area contributed by atoms with Crippen LogP contribution < -0.4 is 16.8 Å². The zero-order valence-corrected chi connectivity index (χ0v) is 10.4. The summed E-state index contributed by atoms with van der Waals surface area (Å²) >= 11 is 0. The molecule has 0 saturated carbocycles. The van der Waals surface area contributed by atoms with Crippen LogP contribution in [0, 0.1) is 0 Å². The zero-order chi connectivity index (χ0) is 12.1. The molecule has 5 N–H and O–H groups in total. The molecule has 16 heavy (non-hydrogen) atoms. The molecule has 0 bridgehead atoms. The molecule has 1 rings (SSSR count). The van der Waals surface area contributed by atoms with Crippen molar-refractivity contribution in [2.75, 3.05) is 46.6 Å². The van der Waals surface area contributed by atoms with Crippen LogP contribution >= 0.6 is 0 Å². The average Bonchev–Trinajstić information content (AvgIpc) is 2.33. The highest BCUT2D eigenvalue weighted by Gasteiger charge is 1.98. The Kier molecular flexibility index (Phi) is 12.7. The van der Waals surface area contributed by atoms with Crippen molar-refractivity contribution >= 4 is 0 Å². The van der Waals surface area contributed by atoms with E-state index in [1.165, 1.54) is 19.3 Å². The Hall–Kier alpha value is -0.200. The van der Waals surface area contributed by atoms with Crippen molar-refractivity contribution in [3.05, 3.63) is 0 Å². The van der Waals surface area contributed by atoms with Crippen molar-refractivity contribution in [3.63, 3.8) is 0 Å². The number of nitrogens with two attached hydrogens (primary N) is 2. The smallest absolute Gasteiger partial charge is 0.0626 e. The van der Waals surface area contributed by atoms with Crippen molar-refractivity contribution in [1.29, 1.82) is 0 Å². The molecule has 1 aliphatic rings. The Bertz CT molecular complexity index is 121. The van der Waals surface area contributed by atoms with E-state index in [1.807, 2.05) is 0 Å². The topological polar surface area (TPSA) is 82.5 Å². The lowest BCUT2D eigenvalue weighted by Gasteiger charge is -2.10. The molecule has 98 valence electrons. The van der Waals surface area contributed by atoms with Gasteiger partial charge in [-0.25, -0.2) is 0 Å². The predicted octanol–water partition coefficient (Wildman–Crippen LogP) is -0.305. The molecular weight excluding hydrogens is 206 g/mol. The summed E-state index contributed by atoms with van der Waals surface area (Å²) in [7, 11) is 1.64. The highest BCUT2D eigenvalue weighted by Crippen LogP contribution is 2.02. The molecule has 0 spiro atoms. The maximum absolute atomic E-state index is 5.60. The van der Waals surface area contributed by atoms with Gasteiger partial charge in [0.15, 0.2) is 0 Å². The zero-order valence-electron chi connectivity index (χ0n) is 10.4. The molecule has 0 radical (unpaired) electrons. The van der Waals surface area contributed by atoms with E-state index in [0.717, 1.165) is 26.3 Å². The minimum absolute atomic E-state index is 0.0801. The van der Waals surface area contributed by atoms with Crippen LogP contribution in [0.3, 0.4) is 0 Å². The lowest BCUT2D eigenvalue weighted by molar-refractivity contribution is 0.0968. The van der Waals surface area contributed by atoms with Crippen molar-refractivity contribution in [1.82, 2.24) is 5.32 Å². The van der Waals surface area contributed by atoms with Gasteiger partial charge in [-0.3, -0.25) is 0 Å². The highest BCUT2D eigenvalue weighted by molar-refractivity contribution is 4.62. The van der Waals surface area contributed by atoms with Gasteiger partial charge in [0.05, 0.1) is 6.61 Å². The van der Waals surface area contributed by atoms with Crippen LogP contribution in [0.15, 0.2) is 0 Å². The van der Waals surface area contributed by atoms with Gasteiger partial charge in [0.2, 0.25) is 0 Å². The molecule has 5 nitrogen and oxygen atoms in total. The van der Waals surface area contributed by atoms with Crippen molar-refractivity contribution in [3.8, 4) is 0 Å². The molecular formula is C11H27N3O2. The molecule has 1 heterocycles. The van der Waals surface area contributed by atoms with Crippen LogP contribution in [0.1, 0.15) is 19.3 Å². The quantitative estimate of drug-likeness (QED) is 0.548. The number of hydrogen-bond acceptors (Lipinski definition) is 5. The van der Waals surface area contributed by atoms with Gasteiger partial charge in [-0.2, -0.15) is 0 Å². The molecule has 1 aliphatic heterocycles. The van der Waals surface area contributed by atoms with Crippen LogP contribution in [-0.2, 0) is 9.47 Å². The summed E-state index contributed by atoms with van der Waals surface area (Å²) < 4.78 is 9.91. The first kappa shape index (κ1) is 15.8. The average molecular weight is 233 g/mol. The Morgan fingerprint density at radius 1 is 1.31 bits per heavy atom. The van der Waals surface area contributed by atoms with E-state index in [4.69, 9.17) is 20.9 Å². The number of methoxy groups -OCH3 is 1. The van der Waals surface area contributed by atoms with Crippen molar-refractivity contribution in [2.24, 2.45) is 11.5 Å². The summed E-state index contributed by atoms with van der Waals surface area (Å²) in [5.74, 6) is 0. The first-order chi connectivity index (χ1) is 7.81. The standard InChI is InChI=1S/C6H17N3O.C5H10O/c1-10-5-6(8)4-9-3-2-7;1-2-4-6-5-3-1/h6,9H,2-5,7-8H2,1H3;1-5H2. The molecule has 1 saturated heterocycles. The Morgan fingerprint density at radius 3 is 2.38 bits per heavy atom. The third-order valence-electron chi connectivity index (χ3n) is 2.19. The number of hydrogen-bond donors (Lipinski definition) is 3. The fraction of sp³-hybridized carbons (Fsp3) is 1.00.